The predicted molar refractivity (Wildman–Crippen MR) is 70.8 cm³/mol. The summed E-state index contributed by atoms with van der Waals surface area (Å²) in [6.07, 6.45) is 2.26. The van der Waals surface area contributed by atoms with Crippen molar-refractivity contribution >= 4 is 34.2 Å². The fourth-order valence-electron chi connectivity index (χ4n) is 1.18. The fourth-order valence-corrected chi connectivity index (χ4v) is 1.73. The molecule has 1 aromatic carbocycles. The van der Waals surface area contributed by atoms with Gasteiger partial charge >= 0.3 is 0 Å². The molecule has 0 aliphatic heterocycles. The van der Waals surface area contributed by atoms with Gasteiger partial charge in [0, 0.05) is 16.0 Å². The smallest absolute Gasteiger partial charge is 0.0223 e. The van der Waals surface area contributed by atoms with Gasteiger partial charge in [-0.25, -0.2) is 0 Å². The predicted octanol–water partition coefficient (Wildman–Crippen LogP) is 3.40. The monoisotopic (exact) mass is 323 g/mol. The molecule has 1 rings (SSSR count). The first kappa shape index (κ1) is 12.3. The van der Waals surface area contributed by atoms with Gasteiger partial charge in [-0.1, -0.05) is 12.1 Å². The van der Waals surface area contributed by atoms with Crippen molar-refractivity contribution in [2.75, 3.05) is 12.4 Å². The summed E-state index contributed by atoms with van der Waals surface area (Å²) in [4.78, 5) is 0. The Hall–Kier alpha value is 0.200. The second-order valence-electron chi connectivity index (χ2n) is 3.20. The lowest BCUT2D eigenvalue weighted by Gasteiger charge is -2.03. The molecule has 78 valence electrons. The van der Waals surface area contributed by atoms with Crippen molar-refractivity contribution in [1.29, 1.82) is 0 Å². The van der Waals surface area contributed by atoms with Crippen molar-refractivity contribution in [2.24, 2.45) is 0 Å². The second kappa shape index (κ2) is 7.49. The maximum absolute atomic E-state index is 5.59. The topological polar surface area (TPSA) is 12.0 Å². The largest absolute Gasteiger partial charge is 0.313 e. The Morgan fingerprint density at radius 3 is 2.50 bits per heavy atom. The number of nitrogens with one attached hydrogen (secondary N) is 1. The first-order valence-electron chi connectivity index (χ1n) is 4.84. The van der Waals surface area contributed by atoms with E-state index in [1.54, 1.807) is 0 Å². The molecular weight excluding hydrogens is 308 g/mol. The van der Waals surface area contributed by atoms with Crippen LogP contribution in [-0.4, -0.2) is 12.4 Å². The van der Waals surface area contributed by atoms with E-state index < -0.39 is 0 Å². The van der Waals surface area contributed by atoms with Crippen LogP contribution in [0.4, 0.5) is 0 Å². The van der Waals surface area contributed by atoms with Crippen molar-refractivity contribution in [3.8, 4) is 0 Å². The zero-order valence-electron chi connectivity index (χ0n) is 8.10. The first-order chi connectivity index (χ1) is 6.83. The third-order valence-electron chi connectivity index (χ3n) is 1.98. The minimum Gasteiger partial charge on any atom is -0.313 e. The van der Waals surface area contributed by atoms with Crippen LogP contribution in [0.5, 0.6) is 0 Å². The van der Waals surface area contributed by atoms with E-state index in [4.69, 9.17) is 11.6 Å². The lowest BCUT2D eigenvalue weighted by atomic mass is 10.2. The van der Waals surface area contributed by atoms with Crippen LogP contribution in [0.3, 0.4) is 0 Å². The number of benzene rings is 1. The average Bonchev–Trinajstić information content (AvgIpc) is 2.21. The zero-order chi connectivity index (χ0) is 10.2. The molecule has 0 atom stereocenters. The summed E-state index contributed by atoms with van der Waals surface area (Å²) in [6.45, 7) is 2.01. The Morgan fingerprint density at radius 2 is 1.86 bits per heavy atom. The normalized spacial score (nSPS) is 10.4. The van der Waals surface area contributed by atoms with E-state index in [1.807, 2.05) is 0 Å². The molecule has 1 nitrogen and oxygen atoms in total. The highest BCUT2D eigenvalue weighted by molar-refractivity contribution is 14.1. The molecule has 0 aliphatic rings. The Balaban J connectivity index is 2.15. The molecule has 3 heteroatoms. The maximum Gasteiger partial charge on any atom is 0.0223 e. The summed E-state index contributed by atoms with van der Waals surface area (Å²) in [5.41, 5.74) is 1.34. The van der Waals surface area contributed by atoms with E-state index in [0.29, 0.717) is 0 Å². The highest BCUT2D eigenvalue weighted by Gasteiger charge is 1.92. The molecule has 0 saturated carbocycles. The minimum absolute atomic E-state index is 0.769. The quantitative estimate of drug-likeness (QED) is 0.481. The van der Waals surface area contributed by atoms with Gasteiger partial charge in [-0.2, -0.15) is 0 Å². The summed E-state index contributed by atoms with van der Waals surface area (Å²) in [5.74, 6) is 0.769. The van der Waals surface area contributed by atoms with Crippen molar-refractivity contribution in [3.05, 3.63) is 33.4 Å². The van der Waals surface area contributed by atoms with E-state index in [-0.39, 0.29) is 0 Å². The van der Waals surface area contributed by atoms with Gasteiger partial charge in [-0.3, -0.25) is 0 Å². The molecular formula is C11H15ClIN. The van der Waals surface area contributed by atoms with Crippen molar-refractivity contribution in [1.82, 2.24) is 5.32 Å². The highest BCUT2D eigenvalue weighted by atomic mass is 127. The van der Waals surface area contributed by atoms with Crippen LogP contribution in [0, 0.1) is 3.57 Å². The Bertz CT molecular complexity index is 248. The fraction of sp³-hybridized carbons (Fsp3) is 0.455. The molecule has 0 aromatic heterocycles. The molecule has 0 radical (unpaired) electrons. The molecule has 0 fully saturated rings. The number of alkyl halides is 1. The Morgan fingerprint density at radius 1 is 1.14 bits per heavy atom. The third-order valence-corrected chi connectivity index (χ3v) is 2.97. The van der Waals surface area contributed by atoms with Crippen LogP contribution in [0.15, 0.2) is 24.3 Å². The number of hydrogen-bond acceptors (Lipinski definition) is 1. The molecule has 0 bridgehead atoms. The van der Waals surface area contributed by atoms with Gasteiger partial charge in [0.2, 0.25) is 0 Å². The molecule has 0 spiro atoms. The van der Waals surface area contributed by atoms with Gasteiger partial charge in [0.15, 0.2) is 0 Å². The van der Waals surface area contributed by atoms with Gasteiger partial charge in [0.1, 0.15) is 0 Å². The average molecular weight is 324 g/mol. The van der Waals surface area contributed by atoms with E-state index in [9.17, 15) is 0 Å². The standard InChI is InChI=1S/C11H15ClIN/c12-7-1-2-8-14-9-10-3-5-11(13)6-4-10/h3-6,14H,1-2,7-9H2. The number of hydrogen-bond donors (Lipinski definition) is 1. The molecule has 0 aliphatic carbocycles. The first-order valence-corrected chi connectivity index (χ1v) is 6.45. The minimum atomic E-state index is 0.769. The molecule has 0 saturated heterocycles. The lowest BCUT2D eigenvalue weighted by Crippen LogP contribution is -2.14. The lowest BCUT2D eigenvalue weighted by molar-refractivity contribution is 0.643. The molecule has 1 aromatic rings. The van der Waals surface area contributed by atoms with Crippen molar-refractivity contribution in [3.63, 3.8) is 0 Å². The van der Waals surface area contributed by atoms with Crippen LogP contribution < -0.4 is 5.32 Å². The van der Waals surface area contributed by atoms with Gasteiger partial charge in [-0.15, -0.1) is 11.6 Å². The summed E-state index contributed by atoms with van der Waals surface area (Å²) in [7, 11) is 0. The van der Waals surface area contributed by atoms with E-state index in [0.717, 1.165) is 31.8 Å². The molecule has 1 N–H and O–H groups in total. The summed E-state index contributed by atoms with van der Waals surface area (Å²) in [6, 6.07) is 8.60. The van der Waals surface area contributed by atoms with Gasteiger partial charge in [0.25, 0.3) is 0 Å². The van der Waals surface area contributed by atoms with E-state index >= 15 is 0 Å². The van der Waals surface area contributed by atoms with Crippen LogP contribution >= 0.6 is 34.2 Å². The van der Waals surface area contributed by atoms with E-state index in [1.165, 1.54) is 9.13 Å². The van der Waals surface area contributed by atoms with Crippen molar-refractivity contribution in [2.45, 2.75) is 19.4 Å². The molecule has 14 heavy (non-hydrogen) atoms. The van der Waals surface area contributed by atoms with Gasteiger partial charge < -0.3 is 5.32 Å². The van der Waals surface area contributed by atoms with Gasteiger partial charge in [-0.05, 0) is 59.7 Å². The van der Waals surface area contributed by atoms with E-state index in [2.05, 4.69) is 52.2 Å². The van der Waals surface area contributed by atoms with Gasteiger partial charge in [0.05, 0.1) is 0 Å². The van der Waals surface area contributed by atoms with Crippen LogP contribution in [0.1, 0.15) is 18.4 Å². The highest BCUT2D eigenvalue weighted by Crippen LogP contribution is 2.06. The molecule has 0 heterocycles. The number of rotatable bonds is 6. The second-order valence-corrected chi connectivity index (χ2v) is 4.82. The summed E-state index contributed by atoms with van der Waals surface area (Å²) >= 11 is 7.90. The Kier molecular flexibility index (Phi) is 6.56. The Labute approximate surface area is 104 Å². The van der Waals surface area contributed by atoms with Crippen LogP contribution in [-0.2, 0) is 6.54 Å². The molecule has 0 unspecified atom stereocenters. The number of unbranched alkanes of at least 4 members (excludes halogenated alkanes) is 1. The van der Waals surface area contributed by atoms with Crippen molar-refractivity contribution < 1.29 is 0 Å². The maximum atomic E-state index is 5.59. The van der Waals surface area contributed by atoms with Crippen LogP contribution in [0.25, 0.3) is 0 Å². The molecule has 0 amide bonds. The number of halogens is 2. The third kappa shape index (κ3) is 5.17. The SMILES string of the molecule is ClCCCCNCc1ccc(I)cc1. The zero-order valence-corrected chi connectivity index (χ0v) is 11.0. The summed E-state index contributed by atoms with van der Waals surface area (Å²) in [5, 5.41) is 3.39. The van der Waals surface area contributed by atoms with Crippen LogP contribution in [0.2, 0.25) is 0 Å². The summed E-state index contributed by atoms with van der Waals surface area (Å²) < 4.78 is 1.29.